The van der Waals surface area contributed by atoms with Crippen LogP contribution in [0.1, 0.15) is 18.3 Å². The van der Waals surface area contributed by atoms with Crippen LogP contribution in [0, 0.1) is 0 Å². The molecule has 0 bridgehead atoms. The Balaban J connectivity index is 0.00000208. The van der Waals surface area contributed by atoms with Gasteiger partial charge in [0.2, 0.25) is 0 Å². The number of hydrogen-bond donors (Lipinski definition) is 2. The van der Waals surface area contributed by atoms with Crippen molar-refractivity contribution in [3.8, 4) is 17.0 Å². The van der Waals surface area contributed by atoms with Crippen molar-refractivity contribution < 1.29 is 4.74 Å². The first kappa shape index (κ1) is 18.0. The number of nitrogens with zero attached hydrogens (tertiary/aromatic N) is 4. The Morgan fingerprint density at radius 3 is 2.96 bits per heavy atom. The highest BCUT2D eigenvalue weighted by Gasteiger charge is 2.09. The van der Waals surface area contributed by atoms with E-state index < -0.39 is 0 Å². The number of benzene rings is 1. The third kappa shape index (κ3) is 3.93. The van der Waals surface area contributed by atoms with Gasteiger partial charge in [-0.15, -0.1) is 22.6 Å². The van der Waals surface area contributed by atoms with Gasteiger partial charge in [-0.25, -0.2) is 0 Å². The van der Waals surface area contributed by atoms with Crippen LogP contribution in [0.2, 0.25) is 0 Å². The fraction of sp³-hybridized carbons (Fsp3) is 0.312. The lowest BCUT2D eigenvalue weighted by molar-refractivity contribution is 0.415. The van der Waals surface area contributed by atoms with Gasteiger partial charge in [-0.2, -0.15) is 5.10 Å². The van der Waals surface area contributed by atoms with Crippen LogP contribution in [-0.2, 0) is 19.6 Å². The first-order valence-corrected chi connectivity index (χ1v) is 7.56. The fourth-order valence-corrected chi connectivity index (χ4v) is 2.46. The normalized spacial score (nSPS) is 10.4. The van der Waals surface area contributed by atoms with Gasteiger partial charge in [-0.05, 0) is 19.1 Å². The van der Waals surface area contributed by atoms with Crippen molar-refractivity contribution in [2.75, 3.05) is 7.11 Å². The van der Waals surface area contributed by atoms with Crippen LogP contribution in [-0.4, -0.2) is 32.1 Å². The van der Waals surface area contributed by atoms with Crippen molar-refractivity contribution in [2.24, 2.45) is 0 Å². The highest BCUT2D eigenvalue weighted by atomic mass is 35.5. The molecule has 3 rings (SSSR count). The molecule has 0 unspecified atom stereocenters. The third-order valence-corrected chi connectivity index (χ3v) is 3.71. The van der Waals surface area contributed by atoms with Crippen molar-refractivity contribution in [2.45, 2.75) is 26.6 Å². The van der Waals surface area contributed by atoms with E-state index in [0.717, 1.165) is 34.9 Å². The Labute approximate surface area is 146 Å². The van der Waals surface area contributed by atoms with Gasteiger partial charge in [0, 0.05) is 24.2 Å². The number of methoxy groups -OCH3 is 1. The standard InChI is InChI=1S/C16H20N6O.ClH/c1-3-22-11-19-20-15(22)10-17-8-13-9-18-21-16(13)12-5-4-6-14(7-12)23-2;/h4-7,9,11,17H,3,8,10H2,1-2H3,(H,18,21);1H. The number of rotatable bonds is 7. The van der Waals surface area contributed by atoms with E-state index in [0.29, 0.717) is 13.1 Å². The number of nitrogens with one attached hydrogen (secondary N) is 2. The summed E-state index contributed by atoms with van der Waals surface area (Å²) in [5.74, 6) is 1.76. The lowest BCUT2D eigenvalue weighted by Gasteiger charge is -2.07. The molecule has 3 aromatic rings. The predicted molar refractivity (Wildman–Crippen MR) is 94.1 cm³/mol. The van der Waals surface area contributed by atoms with Crippen LogP contribution in [0.3, 0.4) is 0 Å². The molecular formula is C16H21ClN6O. The van der Waals surface area contributed by atoms with E-state index in [9.17, 15) is 0 Å². The van der Waals surface area contributed by atoms with E-state index in [1.54, 1.807) is 13.4 Å². The molecule has 0 aliphatic carbocycles. The van der Waals surface area contributed by atoms with Crippen molar-refractivity contribution in [1.29, 1.82) is 0 Å². The smallest absolute Gasteiger partial charge is 0.146 e. The third-order valence-electron chi connectivity index (χ3n) is 3.71. The number of aryl methyl sites for hydroxylation is 1. The van der Waals surface area contributed by atoms with Crippen molar-refractivity contribution in [3.63, 3.8) is 0 Å². The van der Waals surface area contributed by atoms with Gasteiger partial charge in [0.05, 0.1) is 25.5 Å². The molecule has 0 aliphatic heterocycles. The van der Waals surface area contributed by atoms with Gasteiger partial charge in [-0.1, -0.05) is 12.1 Å². The average Bonchev–Trinajstić information content (AvgIpc) is 3.24. The van der Waals surface area contributed by atoms with E-state index in [2.05, 4.69) is 32.6 Å². The monoisotopic (exact) mass is 348 g/mol. The summed E-state index contributed by atoms with van der Waals surface area (Å²) in [6.45, 7) is 4.30. The minimum Gasteiger partial charge on any atom is -0.497 e. The Morgan fingerprint density at radius 2 is 2.17 bits per heavy atom. The molecule has 2 aromatic heterocycles. The van der Waals surface area contributed by atoms with Crippen LogP contribution in [0.4, 0.5) is 0 Å². The number of aromatic amines is 1. The summed E-state index contributed by atoms with van der Waals surface area (Å²) >= 11 is 0. The Bertz CT molecular complexity index is 769. The zero-order chi connectivity index (χ0) is 16.1. The number of hydrogen-bond acceptors (Lipinski definition) is 5. The first-order chi connectivity index (χ1) is 11.3. The molecule has 1 aromatic carbocycles. The number of H-pyrrole nitrogens is 1. The van der Waals surface area contributed by atoms with E-state index in [1.165, 1.54) is 0 Å². The molecule has 2 N–H and O–H groups in total. The fourth-order valence-electron chi connectivity index (χ4n) is 2.46. The van der Waals surface area contributed by atoms with Gasteiger partial charge in [0.25, 0.3) is 0 Å². The zero-order valence-corrected chi connectivity index (χ0v) is 14.5. The molecule has 128 valence electrons. The topological polar surface area (TPSA) is 80.7 Å². The predicted octanol–water partition coefficient (Wildman–Crippen LogP) is 2.41. The van der Waals surface area contributed by atoms with Crippen molar-refractivity contribution >= 4 is 12.4 Å². The largest absolute Gasteiger partial charge is 0.497 e. The number of halogens is 1. The lowest BCUT2D eigenvalue weighted by Crippen LogP contribution is -2.16. The van der Waals surface area contributed by atoms with E-state index in [1.807, 2.05) is 35.0 Å². The van der Waals surface area contributed by atoms with Crippen LogP contribution < -0.4 is 10.1 Å². The summed E-state index contributed by atoms with van der Waals surface area (Å²) in [7, 11) is 1.67. The minimum absolute atomic E-state index is 0. The lowest BCUT2D eigenvalue weighted by atomic mass is 10.1. The zero-order valence-electron chi connectivity index (χ0n) is 13.7. The molecule has 2 heterocycles. The Kier molecular flexibility index (Phi) is 6.34. The van der Waals surface area contributed by atoms with Gasteiger partial charge in [0.15, 0.2) is 0 Å². The molecule has 8 heteroatoms. The van der Waals surface area contributed by atoms with E-state index >= 15 is 0 Å². The van der Waals surface area contributed by atoms with Crippen molar-refractivity contribution in [1.82, 2.24) is 30.3 Å². The van der Waals surface area contributed by atoms with Crippen LogP contribution in [0.25, 0.3) is 11.3 Å². The summed E-state index contributed by atoms with van der Waals surface area (Å²) in [5, 5.41) is 18.7. The van der Waals surface area contributed by atoms with Gasteiger partial charge < -0.3 is 14.6 Å². The second kappa shape index (κ2) is 8.47. The quantitative estimate of drug-likeness (QED) is 0.685. The molecule has 0 atom stereocenters. The van der Waals surface area contributed by atoms with Gasteiger partial charge >= 0.3 is 0 Å². The molecular weight excluding hydrogens is 328 g/mol. The summed E-state index contributed by atoms with van der Waals surface area (Å²) in [6.07, 6.45) is 3.59. The molecule has 0 amide bonds. The maximum Gasteiger partial charge on any atom is 0.146 e. The average molecular weight is 349 g/mol. The highest BCUT2D eigenvalue weighted by molar-refractivity contribution is 5.85. The van der Waals surface area contributed by atoms with Crippen LogP contribution >= 0.6 is 12.4 Å². The molecule has 0 saturated carbocycles. The summed E-state index contributed by atoms with van der Waals surface area (Å²) in [4.78, 5) is 0. The van der Waals surface area contributed by atoms with Crippen molar-refractivity contribution in [3.05, 3.63) is 48.2 Å². The van der Waals surface area contributed by atoms with Crippen LogP contribution in [0.5, 0.6) is 5.75 Å². The van der Waals surface area contributed by atoms with E-state index in [4.69, 9.17) is 4.74 Å². The molecule has 0 fully saturated rings. The maximum atomic E-state index is 5.28. The SMILES string of the molecule is CCn1cnnc1CNCc1cn[nH]c1-c1cccc(OC)c1.Cl. The molecule has 7 nitrogen and oxygen atoms in total. The highest BCUT2D eigenvalue weighted by Crippen LogP contribution is 2.24. The second-order valence-electron chi connectivity index (χ2n) is 5.14. The number of aromatic nitrogens is 5. The summed E-state index contributed by atoms with van der Waals surface area (Å²) in [6, 6.07) is 7.92. The molecule has 0 spiro atoms. The summed E-state index contributed by atoms with van der Waals surface area (Å²) in [5.41, 5.74) is 3.14. The Hall–Kier alpha value is -2.38. The minimum atomic E-state index is 0. The second-order valence-corrected chi connectivity index (χ2v) is 5.14. The van der Waals surface area contributed by atoms with E-state index in [-0.39, 0.29) is 12.4 Å². The maximum absolute atomic E-state index is 5.28. The van der Waals surface area contributed by atoms with Crippen LogP contribution in [0.15, 0.2) is 36.8 Å². The number of ether oxygens (including phenoxy) is 1. The van der Waals surface area contributed by atoms with Gasteiger partial charge in [0.1, 0.15) is 17.9 Å². The molecule has 0 radical (unpaired) electrons. The Morgan fingerprint density at radius 1 is 1.29 bits per heavy atom. The summed E-state index contributed by atoms with van der Waals surface area (Å²) < 4.78 is 7.30. The van der Waals surface area contributed by atoms with Gasteiger partial charge in [-0.3, -0.25) is 5.10 Å². The first-order valence-electron chi connectivity index (χ1n) is 7.56. The molecule has 24 heavy (non-hydrogen) atoms. The molecule has 0 saturated heterocycles. The molecule has 0 aliphatic rings.